The van der Waals surface area contributed by atoms with Gasteiger partial charge in [-0.1, -0.05) is 19.3 Å². The fourth-order valence-electron chi connectivity index (χ4n) is 3.35. The molecule has 110 valence electrons. The van der Waals surface area contributed by atoms with E-state index in [9.17, 15) is 0 Å². The van der Waals surface area contributed by atoms with Gasteiger partial charge in [0, 0.05) is 25.8 Å². The van der Waals surface area contributed by atoms with Crippen molar-refractivity contribution in [2.24, 2.45) is 5.92 Å². The summed E-state index contributed by atoms with van der Waals surface area (Å²) in [7, 11) is 0. The molecule has 1 aliphatic heterocycles. The molecule has 0 amide bonds. The third kappa shape index (κ3) is 3.55. The first-order chi connectivity index (χ1) is 9.81. The van der Waals surface area contributed by atoms with Crippen molar-refractivity contribution < 1.29 is 4.74 Å². The predicted octanol–water partition coefficient (Wildman–Crippen LogP) is 2.74. The molecular weight excluding hydrogens is 250 g/mol. The van der Waals surface area contributed by atoms with Crippen LogP contribution in [0, 0.1) is 12.8 Å². The van der Waals surface area contributed by atoms with Gasteiger partial charge < -0.3 is 4.74 Å². The van der Waals surface area contributed by atoms with Crippen molar-refractivity contribution in [1.82, 2.24) is 14.9 Å². The standard InChI is InChI=1S/C16H25N3O/c1-13-9-18-15(10-17-13)16-12-19(7-8-20-16)11-14-5-3-2-4-6-14/h9-10,14,16H,2-8,11-12H2,1H3/t16-/m1/s1. The van der Waals surface area contributed by atoms with Crippen molar-refractivity contribution in [3.63, 3.8) is 0 Å². The fraction of sp³-hybridized carbons (Fsp3) is 0.750. The van der Waals surface area contributed by atoms with E-state index in [4.69, 9.17) is 4.74 Å². The molecular formula is C16H25N3O. The monoisotopic (exact) mass is 275 g/mol. The predicted molar refractivity (Wildman–Crippen MR) is 78.5 cm³/mol. The molecule has 1 saturated carbocycles. The lowest BCUT2D eigenvalue weighted by Crippen LogP contribution is -2.41. The van der Waals surface area contributed by atoms with Crippen LogP contribution in [0.25, 0.3) is 0 Å². The van der Waals surface area contributed by atoms with Gasteiger partial charge in [-0.2, -0.15) is 0 Å². The molecule has 2 fully saturated rings. The molecule has 4 heteroatoms. The molecule has 0 unspecified atom stereocenters. The zero-order valence-electron chi connectivity index (χ0n) is 12.4. The molecule has 0 aromatic carbocycles. The molecule has 4 nitrogen and oxygen atoms in total. The molecule has 1 aromatic heterocycles. The smallest absolute Gasteiger partial charge is 0.114 e. The van der Waals surface area contributed by atoms with Crippen LogP contribution in [0.5, 0.6) is 0 Å². The Morgan fingerprint density at radius 3 is 2.80 bits per heavy atom. The summed E-state index contributed by atoms with van der Waals surface area (Å²) in [6, 6.07) is 0. The lowest BCUT2D eigenvalue weighted by atomic mass is 9.89. The summed E-state index contributed by atoms with van der Waals surface area (Å²) < 4.78 is 5.88. The van der Waals surface area contributed by atoms with E-state index in [2.05, 4.69) is 14.9 Å². The number of morpholine rings is 1. The number of hydrogen-bond acceptors (Lipinski definition) is 4. The van der Waals surface area contributed by atoms with Crippen LogP contribution in [-0.2, 0) is 4.74 Å². The summed E-state index contributed by atoms with van der Waals surface area (Å²) in [5, 5.41) is 0. The number of aromatic nitrogens is 2. The molecule has 0 N–H and O–H groups in total. The summed E-state index contributed by atoms with van der Waals surface area (Å²) >= 11 is 0. The zero-order valence-corrected chi connectivity index (χ0v) is 12.4. The zero-order chi connectivity index (χ0) is 13.8. The Hall–Kier alpha value is -1.00. The second kappa shape index (κ2) is 6.64. The number of rotatable bonds is 3. The Bertz CT molecular complexity index is 414. The van der Waals surface area contributed by atoms with E-state index in [0.717, 1.165) is 37.0 Å². The van der Waals surface area contributed by atoms with Crippen LogP contribution >= 0.6 is 0 Å². The van der Waals surface area contributed by atoms with Gasteiger partial charge in [0.05, 0.1) is 24.2 Å². The number of nitrogens with zero attached hydrogens (tertiary/aromatic N) is 3. The second-order valence-electron chi connectivity index (χ2n) is 6.21. The quantitative estimate of drug-likeness (QED) is 0.850. The Balaban J connectivity index is 1.57. The van der Waals surface area contributed by atoms with Crippen molar-refractivity contribution in [3.05, 3.63) is 23.8 Å². The highest BCUT2D eigenvalue weighted by molar-refractivity contribution is 5.05. The normalized spacial score (nSPS) is 25.8. The van der Waals surface area contributed by atoms with Crippen LogP contribution in [0.15, 0.2) is 12.4 Å². The van der Waals surface area contributed by atoms with Gasteiger partial charge in [0.25, 0.3) is 0 Å². The Kier molecular flexibility index (Phi) is 4.63. The Morgan fingerprint density at radius 2 is 2.05 bits per heavy atom. The minimum Gasteiger partial charge on any atom is -0.369 e. The summed E-state index contributed by atoms with van der Waals surface area (Å²) in [4.78, 5) is 11.4. The molecule has 1 saturated heterocycles. The van der Waals surface area contributed by atoms with Gasteiger partial charge in [-0.05, 0) is 25.7 Å². The molecule has 2 heterocycles. The summed E-state index contributed by atoms with van der Waals surface area (Å²) in [6.45, 7) is 6.04. The SMILES string of the molecule is Cc1cnc([C@H]2CN(CC3CCCCC3)CCO2)cn1. The van der Waals surface area contributed by atoms with E-state index in [1.165, 1.54) is 38.6 Å². The van der Waals surface area contributed by atoms with E-state index in [0.29, 0.717) is 0 Å². The molecule has 2 aliphatic rings. The van der Waals surface area contributed by atoms with Gasteiger partial charge in [0.2, 0.25) is 0 Å². The molecule has 1 atom stereocenters. The van der Waals surface area contributed by atoms with Crippen LogP contribution in [0.2, 0.25) is 0 Å². The van der Waals surface area contributed by atoms with Crippen LogP contribution < -0.4 is 0 Å². The lowest BCUT2D eigenvalue weighted by Gasteiger charge is -2.35. The van der Waals surface area contributed by atoms with E-state index in [1.807, 2.05) is 19.3 Å². The summed E-state index contributed by atoms with van der Waals surface area (Å²) in [5.74, 6) is 0.895. The van der Waals surface area contributed by atoms with Gasteiger partial charge in [-0.15, -0.1) is 0 Å². The minimum atomic E-state index is 0.0976. The molecule has 20 heavy (non-hydrogen) atoms. The topological polar surface area (TPSA) is 38.2 Å². The number of ether oxygens (including phenoxy) is 1. The van der Waals surface area contributed by atoms with Crippen molar-refractivity contribution in [2.75, 3.05) is 26.2 Å². The average molecular weight is 275 g/mol. The fourth-order valence-corrected chi connectivity index (χ4v) is 3.35. The number of hydrogen-bond donors (Lipinski definition) is 0. The maximum Gasteiger partial charge on any atom is 0.114 e. The highest BCUT2D eigenvalue weighted by Crippen LogP contribution is 2.27. The first-order valence-corrected chi connectivity index (χ1v) is 7.94. The van der Waals surface area contributed by atoms with Gasteiger partial charge >= 0.3 is 0 Å². The first-order valence-electron chi connectivity index (χ1n) is 7.94. The minimum absolute atomic E-state index is 0.0976. The van der Waals surface area contributed by atoms with Crippen molar-refractivity contribution in [1.29, 1.82) is 0 Å². The van der Waals surface area contributed by atoms with E-state index in [-0.39, 0.29) is 6.10 Å². The third-order valence-corrected chi connectivity index (χ3v) is 4.52. The van der Waals surface area contributed by atoms with Crippen LogP contribution in [0.4, 0.5) is 0 Å². The Morgan fingerprint density at radius 1 is 1.20 bits per heavy atom. The summed E-state index contributed by atoms with van der Waals surface area (Å²) in [5.41, 5.74) is 1.94. The molecule has 0 bridgehead atoms. The molecule has 1 aromatic rings. The van der Waals surface area contributed by atoms with E-state index >= 15 is 0 Å². The van der Waals surface area contributed by atoms with Crippen LogP contribution in [0.1, 0.15) is 49.6 Å². The Labute approximate surface area is 121 Å². The van der Waals surface area contributed by atoms with Crippen molar-refractivity contribution in [2.45, 2.75) is 45.1 Å². The van der Waals surface area contributed by atoms with Crippen molar-refractivity contribution >= 4 is 0 Å². The van der Waals surface area contributed by atoms with Gasteiger partial charge in [0.1, 0.15) is 6.10 Å². The van der Waals surface area contributed by atoms with Crippen LogP contribution in [0.3, 0.4) is 0 Å². The van der Waals surface area contributed by atoms with Crippen LogP contribution in [-0.4, -0.2) is 41.1 Å². The lowest BCUT2D eigenvalue weighted by molar-refractivity contribution is -0.0381. The largest absolute Gasteiger partial charge is 0.369 e. The van der Waals surface area contributed by atoms with E-state index < -0.39 is 0 Å². The number of aryl methyl sites for hydroxylation is 1. The molecule has 0 radical (unpaired) electrons. The van der Waals surface area contributed by atoms with E-state index in [1.54, 1.807) is 0 Å². The van der Waals surface area contributed by atoms with Gasteiger partial charge in [-0.25, -0.2) is 0 Å². The molecule has 0 spiro atoms. The highest BCUT2D eigenvalue weighted by atomic mass is 16.5. The highest BCUT2D eigenvalue weighted by Gasteiger charge is 2.25. The average Bonchev–Trinajstić information content (AvgIpc) is 2.49. The van der Waals surface area contributed by atoms with Gasteiger partial charge in [0.15, 0.2) is 0 Å². The van der Waals surface area contributed by atoms with Crippen molar-refractivity contribution in [3.8, 4) is 0 Å². The third-order valence-electron chi connectivity index (χ3n) is 4.52. The maximum atomic E-state index is 5.88. The summed E-state index contributed by atoms with van der Waals surface area (Å²) in [6.07, 6.45) is 10.9. The molecule has 3 rings (SSSR count). The van der Waals surface area contributed by atoms with Gasteiger partial charge in [-0.3, -0.25) is 14.9 Å². The second-order valence-corrected chi connectivity index (χ2v) is 6.21. The molecule has 1 aliphatic carbocycles. The maximum absolute atomic E-state index is 5.88. The first kappa shape index (κ1) is 14.0.